The van der Waals surface area contributed by atoms with Crippen molar-refractivity contribution in [2.75, 3.05) is 11.0 Å². The third-order valence-corrected chi connectivity index (χ3v) is 11.8. The number of hydrogen-bond donors (Lipinski definition) is 2. The van der Waals surface area contributed by atoms with Crippen molar-refractivity contribution in [2.24, 2.45) is 13.0 Å². The zero-order valence-corrected chi connectivity index (χ0v) is 33.8. The molecule has 2 aliphatic rings. The van der Waals surface area contributed by atoms with Crippen LogP contribution < -0.4 is 15.6 Å². The van der Waals surface area contributed by atoms with Crippen LogP contribution in [-0.2, 0) is 40.4 Å². The fourth-order valence-electron chi connectivity index (χ4n) is 8.35. The molecule has 4 heterocycles. The van der Waals surface area contributed by atoms with Crippen LogP contribution in [0.1, 0.15) is 53.1 Å². The Bertz CT molecular complexity index is 3190. The SMILES string of the molecule is C=S(C)(=O)Nc1nn(C)c2c(-n3c([C@H](Cc4cc(F)cc(F)c4)NC(=O)Cn4nc(C(F)F)c5c4C(F)(F)[C@@H]4C[C@H]54)nc4cc(-c5ncccc5F)ccc4c3=O)ccc(Cl)c12. The van der Waals surface area contributed by atoms with E-state index in [2.05, 4.69) is 31.1 Å². The van der Waals surface area contributed by atoms with Gasteiger partial charge in [-0.25, -0.2) is 31.1 Å². The Labute approximate surface area is 351 Å². The molecular formula is C41H31ClF7N9O3S. The van der Waals surface area contributed by atoms with Gasteiger partial charge in [-0.1, -0.05) is 17.7 Å². The first-order chi connectivity index (χ1) is 29.3. The van der Waals surface area contributed by atoms with Crippen LogP contribution in [0.25, 0.3) is 38.8 Å². The van der Waals surface area contributed by atoms with Gasteiger partial charge in [0.05, 0.1) is 38.6 Å². The molecule has 320 valence electrons. The van der Waals surface area contributed by atoms with Crippen LogP contribution in [0.3, 0.4) is 0 Å². The number of fused-ring (bicyclic) bond motifs is 5. The summed E-state index contributed by atoms with van der Waals surface area (Å²) in [5.74, 6) is -5.99. The van der Waals surface area contributed by atoms with Gasteiger partial charge in [-0.3, -0.25) is 33.2 Å². The Morgan fingerprint density at radius 1 is 1.06 bits per heavy atom. The van der Waals surface area contributed by atoms with Gasteiger partial charge in [-0.05, 0) is 72.3 Å². The van der Waals surface area contributed by atoms with E-state index in [0.717, 1.165) is 16.7 Å². The first kappa shape index (κ1) is 41.1. The highest BCUT2D eigenvalue weighted by Crippen LogP contribution is 2.68. The Hall–Kier alpha value is -6.28. The third kappa shape index (κ3) is 7.03. The molecule has 0 spiro atoms. The minimum Gasteiger partial charge on any atom is -0.344 e. The zero-order valence-electron chi connectivity index (χ0n) is 32.3. The number of amides is 1. The second kappa shape index (κ2) is 14.7. The van der Waals surface area contributed by atoms with Crippen molar-refractivity contribution in [2.45, 2.75) is 43.7 Å². The molecule has 9 rings (SSSR count). The average Bonchev–Trinajstić information content (AvgIpc) is 3.73. The van der Waals surface area contributed by atoms with Crippen molar-refractivity contribution in [1.82, 2.24) is 39.4 Å². The van der Waals surface area contributed by atoms with Crippen molar-refractivity contribution in [3.8, 4) is 16.9 Å². The standard InChI is InChI=1S/C41H31ClF7N9O3S/c1-56-35-29(9-8-25(42)32(35)38(54-56)55-62(2,3)61)58-39(52-27-14-19(6-7-22(27)40(58)60)33-26(45)5-4-10-50-33)28(13-18-11-20(43)15-21(44)12-18)51-30(59)17-57-36-31(34(53-57)37(46)47)23-16-24(23)41(36,48)49/h4-12,14-15,23-24,28,37H,2,13,16-17H2,1,3H3,(H,51,59)(H,54,55,61)/t23-,24+,28-,62?/m0/s1. The maximum atomic E-state index is 15.5. The number of hydrogen-bond acceptors (Lipinski definition) is 7. The Kier molecular flexibility index (Phi) is 9.73. The smallest absolute Gasteiger partial charge is 0.293 e. The molecule has 0 aliphatic heterocycles. The summed E-state index contributed by atoms with van der Waals surface area (Å²) in [5, 5.41) is 11.1. The lowest BCUT2D eigenvalue weighted by Gasteiger charge is -2.24. The lowest BCUT2D eigenvalue weighted by Crippen LogP contribution is -2.38. The summed E-state index contributed by atoms with van der Waals surface area (Å²) in [7, 11) is -1.43. The molecule has 7 aromatic rings. The number of carbonyl (C=O) groups is 1. The summed E-state index contributed by atoms with van der Waals surface area (Å²) < 4.78 is 122. The van der Waals surface area contributed by atoms with E-state index in [4.69, 9.17) is 16.6 Å². The lowest BCUT2D eigenvalue weighted by molar-refractivity contribution is -0.123. The predicted octanol–water partition coefficient (Wildman–Crippen LogP) is 7.52. The highest BCUT2D eigenvalue weighted by molar-refractivity contribution is 8.00. The van der Waals surface area contributed by atoms with Crippen molar-refractivity contribution in [3.05, 3.63) is 128 Å². The molecule has 0 radical (unpaired) electrons. The van der Waals surface area contributed by atoms with Crippen LogP contribution in [0.4, 0.5) is 36.6 Å². The summed E-state index contributed by atoms with van der Waals surface area (Å²) in [6, 6.07) is 10.6. The monoisotopic (exact) mass is 897 g/mol. The molecule has 0 bridgehead atoms. The zero-order chi connectivity index (χ0) is 44.2. The summed E-state index contributed by atoms with van der Waals surface area (Å²) >= 11 is 6.68. The molecule has 4 aromatic heterocycles. The van der Waals surface area contributed by atoms with Crippen molar-refractivity contribution >= 4 is 60.7 Å². The van der Waals surface area contributed by atoms with E-state index >= 15 is 13.2 Å². The van der Waals surface area contributed by atoms with E-state index in [1.807, 2.05) is 0 Å². The van der Waals surface area contributed by atoms with Crippen LogP contribution in [-0.4, -0.2) is 56.3 Å². The number of nitrogens with one attached hydrogen (secondary N) is 2. The summed E-state index contributed by atoms with van der Waals surface area (Å²) in [5.41, 5.74) is -2.48. The van der Waals surface area contributed by atoms with Crippen molar-refractivity contribution < 1.29 is 39.7 Å². The number of rotatable bonds is 11. The third-order valence-electron chi connectivity index (χ3n) is 10.9. The number of aromatic nitrogens is 7. The lowest BCUT2D eigenvalue weighted by atomic mass is 10.0. The maximum absolute atomic E-state index is 15.5. The van der Waals surface area contributed by atoms with E-state index in [9.17, 15) is 31.4 Å². The van der Waals surface area contributed by atoms with Crippen molar-refractivity contribution in [1.29, 1.82) is 0 Å². The van der Waals surface area contributed by atoms with Crippen LogP contribution in [0, 0.1) is 23.4 Å². The largest absolute Gasteiger partial charge is 0.344 e. The molecule has 1 saturated carbocycles. The molecule has 1 amide bonds. The second-order valence-electron chi connectivity index (χ2n) is 15.3. The molecule has 1 unspecified atom stereocenters. The van der Waals surface area contributed by atoms with Crippen LogP contribution in [0.5, 0.6) is 0 Å². The second-order valence-corrected chi connectivity index (χ2v) is 17.9. The minimum absolute atomic E-state index is 0.0113. The van der Waals surface area contributed by atoms with Gasteiger partial charge in [0, 0.05) is 58.7 Å². The molecule has 2 N–H and O–H groups in total. The number of carbonyl (C=O) groups excluding carboxylic acids is 1. The highest BCUT2D eigenvalue weighted by atomic mass is 35.5. The fourth-order valence-corrected chi connectivity index (χ4v) is 9.15. The highest BCUT2D eigenvalue weighted by Gasteiger charge is 2.67. The maximum Gasteiger partial charge on any atom is 0.293 e. The van der Waals surface area contributed by atoms with Crippen LogP contribution in [0.15, 0.2) is 71.7 Å². The molecule has 1 fully saturated rings. The number of pyridine rings is 1. The van der Waals surface area contributed by atoms with Crippen molar-refractivity contribution in [3.63, 3.8) is 0 Å². The van der Waals surface area contributed by atoms with Gasteiger partial charge in [0.15, 0.2) is 5.82 Å². The molecule has 21 heteroatoms. The number of alkyl halides is 4. The molecule has 0 saturated heterocycles. The van der Waals surface area contributed by atoms with E-state index in [0.29, 0.717) is 10.7 Å². The fraction of sp³-hybridized carbons (Fsp3) is 0.244. The molecule has 3 aromatic carbocycles. The first-order valence-corrected chi connectivity index (χ1v) is 21.3. The molecule has 62 heavy (non-hydrogen) atoms. The van der Waals surface area contributed by atoms with Gasteiger partial charge in [-0.2, -0.15) is 19.0 Å². The van der Waals surface area contributed by atoms with Gasteiger partial charge < -0.3 is 5.32 Å². The number of benzene rings is 3. The Morgan fingerprint density at radius 2 is 1.81 bits per heavy atom. The number of nitrogens with zero attached hydrogens (tertiary/aromatic N) is 7. The van der Waals surface area contributed by atoms with Crippen LogP contribution in [0.2, 0.25) is 5.02 Å². The van der Waals surface area contributed by atoms with E-state index in [-0.39, 0.29) is 73.0 Å². The molecule has 12 nitrogen and oxygen atoms in total. The number of halogens is 8. The van der Waals surface area contributed by atoms with E-state index in [1.54, 1.807) is 0 Å². The summed E-state index contributed by atoms with van der Waals surface area (Å²) in [4.78, 5) is 38.0. The van der Waals surface area contributed by atoms with E-state index < -0.39 is 93.2 Å². The summed E-state index contributed by atoms with van der Waals surface area (Å²) in [6.45, 7) is -0.998. The number of anilines is 1. The van der Waals surface area contributed by atoms with Gasteiger partial charge in [0.2, 0.25) is 5.91 Å². The molecule has 2 aliphatic carbocycles. The topological polar surface area (TPSA) is 142 Å². The average molecular weight is 898 g/mol. The molecular weight excluding hydrogens is 867 g/mol. The normalized spacial score (nSPS) is 17.9. The Morgan fingerprint density at radius 3 is 2.50 bits per heavy atom. The number of aryl methyl sites for hydroxylation is 1. The van der Waals surface area contributed by atoms with E-state index in [1.165, 1.54) is 66.6 Å². The van der Waals surface area contributed by atoms with Crippen LogP contribution >= 0.6 is 11.6 Å². The Balaban J connectivity index is 1.26. The minimum atomic E-state index is -3.56. The van der Waals surface area contributed by atoms with Gasteiger partial charge in [-0.15, -0.1) is 0 Å². The van der Waals surface area contributed by atoms with Gasteiger partial charge in [0.1, 0.15) is 46.9 Å². The summed E-state index contributed by atoms with van der Waals surface area (Å²) in [6.07, 6.45) is -1.03. The van der Waals surface area contributed by atoms with Gasteiger partial charge >= 0.3 is 0 Å². The predicted molar refractivity (Wildman–Crippen MR) is 217 cm³/mol. The first-order valence-electron chi connectivity index (χ1n) is 18.7. The molecule has 4 atom stereocenters. The quantitative estimate of drug-likeness (QED) is 0.101. The van der Waals surface area contributed by atoms with Gasteiger partial charge in [0.25, 0.3) is 17.9 Å².